The van der Waals surface area contributed by atoms with Crippen LogP contribution in [0.5, 0.6) is 11.5 Å². The fourth-order valence-corrected chi connectivity index (χ4v) is 5.99. The highest BCUT2D eigenvalue weighted by Crippen LogP contribution is 2.40. The maximum absolute atomic E-state index is 13.1. The molecule has 0 atom stereocenters. The van der Waals surface area contributed by atoms with Gasteiger partial charge in [-0.25, -0.2) is 4.79 Å². The third kappa shape index (κ3) is 7.55. The first-order valence-electron chi connectivity index (χ1n) is 14.0. The lowest BCUT2D eigenvalue weighted by Crippen LogP contribution is -2.32. The summed E-state index contributed by atoms with van der Waals surface area (Å²) in [5.41, 5.74) is 0. The molecule has 2 fully saturated rings. The van der Waals surface area contributed by atoms with Gasteiger partial charge < -0.3 is 14.2 Å². The van der Waals surface area contributed by atoms with E-state index in [0.717, 1.165) is 37.7 Å². The van der Waals surface area contributed by atoms with Gasteiger partial charge in [0.1, 0.15) is 17.6 Å². The van der Waals surface area contributed by atoms with Crippen LogP contribution in [0.3, 0.4) is 0 Å². The van der Waals surface area contributed by atoms with Crippen LogP contribution in [0.15, 0.2) is 36.9 Å². The third-order valence-corrected chi connectivity index (χ3v) is 8.72. The number of esters is 3. The SMILES string of the molecule is C=CC(=O)Oc1ccc(OC(=O)C2CCC(OC(=O)C3CCC(CCCC)CC3)CC2)c2cc(Cl)c(Cl)cc12. The summed E-state index contributed by atoms with van der Waals surface area (Å²) in [5, 5.41) is 1.55. The molecule has 2 aliphatic carbocycles. The first-order chi connectivity index (χ1) is 18.8. The van der Waals surface area contributed by atoms with Crippen LogP contribution in [-0.4, -0.2) is 24.0 Å². The zero-order chi connectivity index (χ0) is 27.9. The van der Waals surface area contributed by atoms with Crippen molar-refractivity contribution in [3.8, 4) is 11.5 Å². The van der Waals surface area contributed by atoms with Crippen molar-refractivity contribution in [1.29, 1.82) is 0 Å². The molecule has 2 aliphatic rings. The summed E-state index contributed by atoms with van der Waals surface area (Å²) in [6.45, 7) is 5.63. The van der Waals surface area contributed by atoms with Crippen molar-refractivity contribution in [2.24, 2.45) is 17.8 Å². The number of unbranched alkanes of at least 4 members (excludes halogenated alkanes) is 1. The van der Waals surface area contributed by atoms with E-state index in [1.54, 1.807) is 24.3 Å². The van der Waals surface area contributed by atoms with Gasteiger partial charge in [0.15, 0.2) is 0 Å². The van der Waals surface area contributed by atoms with Crippen LogP contribution in [0.1, 0.15) is 77.6 Å². The Morgan fingerprint density at radius 3 is 1.95 bits per heavy atom. The second kappa shape index (κ2) is 13.7. The molecule has 6 nitrogen and oxygen atoms in total. The molecule has 0 aliphatic heterocycles. The molecule has 0 bridgehead atoms. The number of rotatable bonds is 9. The van der Waals surface area contributed by atoms with Crippen molar-refractivity contribution in [3.63, 3.8) is 0 Å². The molecule has 2 aromatic carbocycles. The number of hydrogen-bond acceptors (Lipinski definition) is 6. The van der Waals surface area contributed by atoms with Gasteiger partial charge in [0.25, 0.3) is 0 Å². The molecule has 4 rings (SSSR count). The van der Waals surface area contributed by atoms with E-state index in [9.17, 15) is 14.4 Å². The van der Waals surface area contributed by atoms with Gasteiger partial charge in [-0.1, -0.05) is 56.0 Å². The van der Waals surface area contributed by atoms with Gasteiger partial charge in [-0.2, -0.15) is 0 Å². The quantitative estimate of drug-likeness (QED) is 0.170. The first-order valence-corrected chi connectivity index (χ1v) is 14.7. The monoisotopic (exact) mass is 574 g/mol. The van der Waals surface area contributed by atoms with Crippen molar-refractivity contribution in [1.82, 2.24) is 0 Å². The maximum atomic E-state index is 13.1. The summed E-state index contributed by atoms with van der Waals surface area (Å²) in [6.07, 6.45) is 11.2. The molecule has 0 aromatic heterocycles. The lowest BCUT2D eigenvalue weighted by molar-refractivity contribution is -0.158. The lowest BCUT2D eigenvalue weighted by atomic mass is 9.80. The Labute approximate surface area is 240 Å². The summed E-state index contributed by atoms with van der Waals surface area (Å²) in [4.78, 5) is 37.6. The standard InChI is InChI=1S/C31H36Cl2O6/c1-3-5-6-19-7-9-20(10-8-19)30(35)37-22-13-11-21(12-14-22)31(36)39-28-16-15-27(38-29(34)4-2)23-17-25(32)26(33)18-24(23)28/h4,15-22H,2-3,5-14H2,1H3. The second-order valence-electron chi connectivity index (χ2n) is 10.7. The van der Waals surface area contributed by atoms with Crippen molar-refractivity contribution in [2.75, 3.05) is 0 Å². The van der Waals surface area contributed by atoms with Crippen molar-refractivity contribution < 1.29 is 28.6 Å². The average Bonchev–Trinajstić information content (AvgIpc) is 2.94. The zero-order valence-corrected chi connectivity index (χ0v) is 23.9. The topological polar surface area (TPSA) is 78.9 Å². The van der Waals surface area contributed by atoms with E-state index in [0.29, 0.717) is 42.2 Å². The van der Waals surface area contributed by atoms with Crippen LogP contribution >= 0.6 is 23.2 Å². The molecule has 0 amide bonds. The van der Waals surface area contributed by atoms with Crippen LogP contribution in [0.4, 0.5) is 0 Å². The van der Waals surface area contributed by atoms with Gasteiger partial charge in [-0.3, -0.25) is 9.59 Å². The number of carbonyl (C=O) groups excluding carboxylic acids is 3. The van der Waals surface area contributed by atoms with Crippen LogP contribution in [-0.2, 0) is 19.1 Å². The molecule has 210 valence electrons. The van der Waals surface area contributed by atoms with Crippen LogP contribution < -0.4 is 9.47 Å². The largest absolute Gasteiger partial charge is 0.462 e. The average molecular weight is 576 g/mol. The van der Waals surface area contributed by atoms with E-state index in [4.69, 9.17) is 37.4 Å². The van der Waals surface area contributed by atoms with Gasteiger partial charge >= 0.3 is 17.9 Å². The molecule has 0 spiro atoms. The smallest absolute Gasteiger partial charge is 0.335 e. The highest BCUT2D eigenvalue weighted by molar-refractivity contribution is 6.43. The Morgan fingerprint density at radius 1 is 0.846 bits per heavy atom. The fourth-order valence-electron chi connectivity index (χ4n) is 5.66. The molecule has 39 heavy (non-hydrogen) atoms. The Balaban J connectivity index is 1.32. The Bertz CT molecular complexity index is 1210. The van der Waals surface area contributed by atoms with Crippen LogP contribution in [0.25, 0.3) is 10.8 Å². The van der Waals surface area contributed by atoms with Crippen LogP contribution in [0.2, 0.25) is 10.0 Å². The number of carbonyl (C=O) groups is 3. The van der Waals surface area contributed by atoms with Gasteiger partial charge in [0.2, 0.25) is 0 Å². The van der Waals surface area contributed by atoms with E-state index in [1.807, 2.05) is 0 Å². The number of halogens is 2. The molecular formula is C31H36Cl2O6. The highest BCUT2D eigenvalue weighted by Gasteiger charge is 2.33. The number of benzene rings is 2. The second-order valence-corrected chi connectivity index (χ2v) is 11.5. The van der Waals surface area contributed by atoms with E-state index in [-0.39, 0.29) is 45.7 Å². The first kappa shape index (κ1) is 29.4. The summed E-state index contributed by atoms with van der Waals surface area (Å²) < 4.78 is 17.0. The predicted molar refractivity (Wildman–Crippen MR) is 152 cm³/mol. The number of fused-ring (bicyclic) bond motifs is 1. The minimum atomic E-state index is -0.621. The molecule has 0 heterocycles. The molecule has 0 radical (unpaired) electrons. The number of hydrogen-bond donors (Lipinski definition) is 0. The van der Waals surface area contributed by atoms with Crippen LogP contribution in [0, 0.1) is 17.8 Å². The highest BCUT2D eigenvalue weighted by atomic mass is 35.5. The lowest BCUT2D eigenvalue weighted by Gasteiger charge is -2.31. The summed E-state index contributed by atoms with van der Waals surface area (Å²) >= 11 is 12.4. The fraction of sp³-hybridized carbons (Fsp3) is 0.516. The van der Waals surface area contributed by atoms with Gasteiger partial charge in [-0.15, -0.1) is 0 Å². The molecular weight excluding hydrogens is 539 g/mol. The van der Waals surface area contributed by atoms with E-state index < -0.39 is 5.97 Å². The summed E-state index contributed by atoms with van der Waals surface area (Å²) in [7, 11) is 0. The molecule has 8 heteroatoms. The van der Waals surface area contributed by atoms with Crippen molar-refractivity contribution >= 4 is 51.9 Å². The molecule has 2 aromatic rings. The Kier molecular flexibility index (Phi) is 10.3. The van der Waals surface area contributed by atoms with Gasteiger partial charge in [0, 0.05) is 16.8 Å². The Hall–Kier alpha value is -2.57. The van der Waals surface area contributed by atoms with Gasteiger partial charge in [0.05, 0.1) is 21.9 Å². The number of ether oxygens (including phenoxy) is 3. The third-order valence-electron chi connectivity index (χ3n) is 8.00. The normalized spacial score (nSPS) is 23.2. The minimum absolute atomic E-state index is 0.00731. The minimum Gasteiger partial charge on any atom is -0.462 e. The molecule has 2 saturated carbocycles. The van der Waals surface area contributed by atoms with E-state index >= 15 is 0 Å². The van der Waals surface area contributed by atoms with Crippen molar-refractivity contribution in [3.05, 3.63) is 47.0 Å². The molecule has 0 unspecified atom stereocenters. The summed E-state index contributed by atoms with van der Waals surface area (Å²) in [6, 6.07) is 6.27. The Morgan fingerprint density at radius 2 is 1.38 bits per heavy atom. The van der Waals surface area contributed by atoms with E-state index in [1.165, 1.54) is 19.3 Å². The van der Waals surface area contributed by atoms with Crippen molar-refractivity contribution in [2.45, 2.75) is 83.7 Å². The maximum Gasteiger partial charge on any atom is 0.335 e. The zero-order valence-electron chi connectivity index (χ0n) is 22.4. The van der Waals surface area contributed by atoms with Gasteiger partial charge in [-0.05, 0) is 81.5 Å². The van der Waals surface area contributed by atoms with E-state index in [2.05, 4.69) is 13.5 Å². The molecule has 0 saturated heterocycles. The predicted octanol–water partition coefficient (Wildman–Crippen LogP) is 8.24. The molecule has 0 N–H and O–H groups in total. The summed E-state index contributed by atoms with van der Waals surface area (Å²) in [5.74, 6) is -0.0381.